The number of carbonyl (C=O) groups excluding carboxylic acids is 1. The number of aromatic hydroxyl groups is 1. The molecule has 184 valence electrons. The van der Waals surface area contributed by atoms with Crippen LogP contribution in [0.15, 0.2) is 64.2 Å². The molecule has 1 aliphatic rings. The van der Waals surface area contributed by atoms with Gasteiger partial charge in [0.25, 0.3) is 11.5 Å². The lowest BCUT2D eigenvalue weighted by Gasteiger charge is -2.36. The van der Waals surface area contributed by atoms with E-state index in [1.165, 1.54) is 21.6 Å². The highest BCUT2D eigenvalue weighted by Crippen LogP contribution is 2.27. The van der Waals surface area contributed by atoms with Crippen molar-refractivity contribution >= 4 is 5.91 Å². The zero-order chi connectivity index (χ0) is 25.1. The smallest absolute Gasteiger partial charge is 0.332 e. The minimum Gasteiger partial charge on any atom is -0.501 e. The summed E-state index contributed by atoms with van der Waals surface area (Å²) >= 11 is 0. The van der Waals surface area contributed by atoms with E-state index in [9.17, 15) is 23.9 Å². The molecular weight excluding hydrogens is 453 g/mol. The van der Waals surface area contributed by atoms with Gasteiger partial charge in [0.15, 0.2) is 5.69 Å². The highest BCUT2D eigenvalue weighted by atomic mass is 19.1. The van der Waals surface area contributed by atoms with E-state index in [0.29, 0.717) is 25.2 Å². The molecule has 4 rings (SSSR count). The Morgan fingerprint density at radius 1 is 1.03 bits per heavy atom. The van der Waals surface area contributed by atoms with Gasteiger partial charge in [0.1, 0.15) is 5.82 Å². The third-order valence-electron chi connectivity index (χ3n) is 6.09. The zero-order valence-electron chi connectivity index (χ0n) is 19.7. The third kappa shape index (κ3) is 5.05. The largest absolute Gasteiger partial charge is 0.501 e. The van der Waals surface area contributed by atoms with Crippen molar-refractivity contribution in [2.24, 2.45) is 0 Å². The number of carbonyl (C=O) groups is 1. The second kappa shape index (κ2) is 10.3. The summed E-state index contributed by atoms with van der Waals surface area (Å²) in [6.45, 7) is 4.34. The van der Waals surface area contributed by atoms with Crippen molar-refractivity contribution < 1.29 is 19.0 Å². The SMILES string of the molecule is CC(C)n1c(=O)c(O)c2n(c1=O)C(CCOCc1ccccc1)CN(Cc1ccc(F)cc1)C2=O. The van der Waals surface area contributed by atoms with Gasteiger partial charge in [-0.05, 0) is 43.5 Å². The predicted molar refractivity (Wildman–Crippen MR) is 128 cm³/mol. The van der Waals surface area contributed by atoms with Crippen molar-refractivity contribution in [1.82, 2.24) is 14.0 Å². The molecule has 0 saturated carbocycles. The summed E-state index contributed by atoms with van der Waals surface area (Å²) in [4.78, 5) is 40.8. The van der Waals surface area contributed by atoms with Crippen molar-refractivity contribution in [3.8, 4) is 5.75 Å². The van der Waals surface area contributed by atoms with Gasteiger partial charge in [-0.1, -0.05) is 42.5 Å². The second-order valence-corrected chi connectivity index (χ2v) is 8.91. The first-order chi connectivity index (χ1) is 16.8. The molecule has 1 aliphatic heterocycles. The molecule has 0 spiro atoms. The van der Waals surface area contributed by atoms with Crippen LogP contribution >= 0.6 is 0 Å². The van der Waals surface area contributed by atoms with Crippen molar-refractivity contribution in [1.29, 1.82) is 0 Å². The molecule has 1 aromatic heterocycles. The standard InChI is InChI=1S/C26H28FN3O5/c1-17(2)29-25(33)23(31)22-24(32)28(14-18-8-10-20(27)11-9-18)15-21(30(22)26(29)34)12-13-35-16-19-6-4-3-5-7-19/h3-11,17,21,31H,12-16H2,1-2H3. The Morgan fingerprint density at radius 3 is 2.37 bits per heavy atom. The molecule has 0 bridgehead atoms. The number of nitrogens with zero attached hydrogens (tertiary/aromatic N) is 3. The molecule has 2 heterocycles. The number of ether oxygens (including phenoxy) is 1. The van der Waals surface area contributed by atoms with Crippen molar-refractivity contribution in [2.45, 2.75) is 45.5 Å². The Bertz CT molecular complexity index is 1320. The Labute approximate surface area is 201 Å². The fourth-order valence-corrected chi connectivity index (χ4v) is 4.35. The van der Waals surface area contributed by atoms with Crippen LogP contribution in [0.5, 0.6) is 5.75 Å². The third-order valence-corrected chi connectivity index (χ3v) is 6.09. The number of aromatic nitrogens is 2. The molecule has 2 aromatic carbocycles. The molecule has 35 heavy (non-hydrogen) atoms. The zero-order valence-corrected chi connectivity index (χ0v) is 19.7. The molecule has 1 N–H and O–H groups in total. The number of benzene rings is 2. The van der Waals surface area contributed by atoms with Crippen LogP contribution in [0.1, 0.15) is 54.0 Å². The van der Waals surface area contributed by atoms with Gasteiger partial charge in [0.05, 0.1) is 12.6 Å². The Morgan fingerprint density at radius 2 is 1.71 bits per heavy atom. The van der Waals surface area contributed by atoms with E-state index in [4.69, 9.17) is 4.74 Å². The van der Waals surface area contributed by atoms with Crippen LogP contribution in [0.2, 0.25) is 0 Å². The van der Waals surface area contributed by atoms with Gasteiger partial charge in [-0.15, -0.1) is 0 Å². The molecule has 1 atom stereocenters. The molecule has 0 aliphatic carbocycles. The molecular formula is C26H28FN3O5. The normalized spacial score (nSPS) is 15.5. The molecule has 1 amide bonds. The van der Waals surface area contributed by atoms with Gasteiger partial charge >= 0.3 is 5.69 Å². The minimum absolute atomic E-state index is 0.140. The molecule has 3 aromatic rings. The van der Waals surface area contributed by atoms with Gasteiger partial charge in [0.2, 0.25) is 5.75 Å². The van der Waals surface area contributed by atoms with Gasteiger partial charge in [-0.3, -0.25) is 18.7 Å². The summed E-state index contributed by atoms with van der Waals surface area (Å²) in [5, 5.41) is 10.7. The predicted octanol–water partition coefficient (Wildman–Crippen LogP) is 3.24. The van der Waals surface area contributed by atoms with E-state index < -0.39 is 40.8 Å². The first-order valence-electron chi connectivity index (χ1n) is 11.5. The number of hydrogen-bond acceptors (Lipinski definition) is 5. The van der Waals surface area contributed by atoms with Gasteiger partial charge < -0.3 is 14.7 Å². The lowest BCUT2D eigenvalue weighted by molar-refractivity contribution is 0.0572. The summed E-state index contributed by atoms with van der Waals surface area (Å²) in [7, 11) is 0. The highest BCUT2D eigenvalue weighted by molar-refractivity contribution is 5.95. The van der Waals surface area contributed by atoms with Crippen LogP contribution in [0.3, 0.4) is 0 Å². The van der Waals surface area contributed by atoms with Crippen molar-refractivity contribution in [2.75, 3.05) is 13.2 Å². The lowest BCUT2D eigenvalue weighted by atomic mass is 10.1. The maximum Gasteiger partial charge on any atom is 0.332 e. The summed E-state index contributed by atoms with van der Waals surface area (Å²) < 4.78 is 21.3. The van der Waals surface area contributed by atoms with Gasteiger partial charge in [-0.2, -0.15) is 0 Å². The maximum absolute atomic E-state index is 13.3. The molecule has 1 unspecified atom stereocenters. The topological polar surface area (TPSA) is 93.8 Å². The fourth-order valence-electron chi connectivity index (χ4n) is 4.35. The quantitative estimate of drug-likeness (QED) is 0.499. The Balaban J connectivity index is 1.66. The van der Waals surface area contributed by atoms with E-state index in [1.807, 2.05) is 30.3 Å². The highest BCUT2D eigenvalue weighted by Gasteiger charge is 2.37. The van der Waals surface area contributed by atoms with Gasteiger partial charge in [0, 0.05) is 25.7 Å². The van der Waals surface area contributed by atoms with Crippen LogP contribution in [-0.4, -0.2) is 38.2 Å². The lowest BCUT2D eigenvalue weighted by Crippen LogP contribution is -2.52. The summed E-state index contributed by atoms with van der Waals surface area (Å²) in [6, 6.07) is 14.4. The summed E-state index contributed by atoms with van der Waals surface area (Å²) in [5.41, 5.74) is -0.163. The summed E-state index contributed by atoms with van der Waals surface area (Å²) in [5.74, 6) is -1.77. The van der Waals surface area contributed by atoms with Crippen LogP contribution in [0.25, 0.3) is 0 Å². The molecule has 0 fully saturated rings. The summed E-state index contributed by atoms with van der Waals surface area (Å²) in [6.07, 6.45) is 0.378. The maximum atomic E-state index is 13.3. The molecule has 0 saturated heterocycles. The number of hydrogen-bond donors (Lipinski definition) is 1. The van der Waals surface area contributed by atoms with Crippen molar-refractivity contribution in [3.05, 3.63) is 98.1 Å². The van der Waals surface area contributed by atoms with E-state index in [1.54, 1.807) is 26.0 Å². The monoisotopic (exact) mass is 481 g/mol. The average molecular weight is 482 g/mol. The van der Waals surface area contributed by atoms with E-state index in [0.717, 1.165) is 10.1 Å². The average Bonchev–Trinajstić information content (AvgIpc) is 2.84. The second-order valence-electron chi connectivity index (χ2n) is 8.91. The molecule has 8 nitrogen and oxygen atoms in total. The van der Waals surface area contributed by atoms with Crippen LogP contribution in [0.4, 0.5) is 4.39 Å². The Hall–Kier alpha value is -3.72. The van der Waals surface area contributed by atoms with E-state index in [2.05, 4.69) is 0 Å². The first kappa shape index (κ1) is 24.4. The van der Waals surface area contributed by atoms with E-state index >= 15 is 0 Å². The van der Waals surface area contributed by atoms with Crippen LogP contribution in [-0.2, 0) is 17.9 Å². The number of rotatable bonds is 8. The molecule has 0 radical (unpaired) electrons. The van der Waals surface area contributed by atoms with Crippen molar-refractivity contribution in [3.63, 3.8) is 0 Å². The van der Waals surface area contributed by atoms with E-state index in [-0.39, 0.29) is 18.8 Å². The van der Waals surface area contributed by atoms with Crippen LogP contribution < -0.4 is 11.2 Å². The number of halogens is 1. The van der Waals surface area contributed by atoms with Gasteiger partial charge in [-0.25, -0.2) is 9.18 Å². The first-order valence-corrected chi connectivity index (χ1v) is 11.5. The minimum atomic E-state index is -0.896. The fraction of sp³-hybridized carbons (Fsp3) is 0.346. The number of amides is 1. The molecule has 9 heteroatoms. The van der Waals surface area contributed by atoms with Crippen LogP contribution in [0, 0.1) is 5.82 Å². The Kier molecular flexibility index (Phi) is 7.16. The number of fused-ring (bicyclic) bond motifs is 1.